The van der Waals surface area contributed by atoms with Crippen LogP contribution in [-0.4, -0.2) is 23.1 Å². The van der Waals surface area contributed by atoms with Crippen LogP contribution in [0.3, 0.4) is 0 Å². The van der Waals surface area contributed by atoms with Gasteiger partial charge in [0.1, 0.15) is 5.76 Å². The summed E-state index contributed by atoms with van der Waals surface area (Å²) in [5.41, 5.74) is 1.45. The number of imidazole rings is 2. The Morgan fingerprint density at radius 1 is 1.07 bits per heavy atom. The highest BCUT2D eigenvalue weighted by Crippen LogP contribution is 2.19. The molecule has 9 heteroatoms. The number of aromatic nitrogens is 5. The Labute approximate surface area is 175 Å². The van der Waals surface area contributed by atoms with Gasteiger partial charge in [-0.3, -0.25) is 18.3 Å². The number of aryl methyl sites for hydroxylation is 2. The lowest BCUT2D eigenvalue weighted by Crippen LogP contribution is -2.39. The molecule has 30 heavy (non-hydrogen) atoms. The largest absolute Gasteiger partial charge is 0.467 e. The van der Waals surface area contributed by atoms with Crippen molar-refractivity contribution in [3.8, 4) is 0 Å². The second-order valence-corrected chi connectivity index (χ2v) is 7.62. The van der Waals surface area contributed by atoms with Gasteiger partial charge in [0, 0.05) is 24.0 Å². The minimum absolute atomic E-state index is 0.0838. The third kappa shape index (κ3) is 2.72. The van der Waals surface area contributed by atoms with Crippen LogP contribution in [0.5, 0.6) is 0 Å². The van der Waals surface area contributed by atoms with Crippen molar-refractivity contribution in [2.75, 3.05) is 0 Å². The van der Waals surface area contributed by atoms with E-state index in [-0.39, 0.29) is 6.54 Å². The first-order valence-corrected chi connectivity index (χ1v) is 9.77. The molecular formula is C21H18ClN5O3. The summed E-state index contributed by atoms with van der Waals surface area (Å²) in [6, 6.07) is 10.9. The van der Waals surface area contributed by atoms with Gasteiger partial charge < -0.3 is 8.98 Å². The third-order valence-electron chi connectivity index (χ3n) is 5.32. The fourth-order valence-corrected chi connectivity index (χ4v) is 3.94. The molecule has 0 saturated heterocycles. The van der Waals surface area contributed by atoms with E-state index in [0.717, 1.165) is 11.5 Å². The van der Waals surface area contributed by atoms with Crippen LogP contribution in [0.4, 0.5) is 0 Å². The van der Waals surface area contributed by atoms with Gasteiger partial charge in [-0.15, -0.1) is 0 Å². The molecule has 0 N–H and O–H groups in total. The van der Waals surface area contributed by atoms with Crippen LogP contribution in [0, 0.1) is 6.92 Å². The van der Waals surface area contributed by atoms with E-state index >= 15 is 0 Å². The van der Waals surface area contributed by atoms with E-state index in [2.05, 4.69) is 4.98 Å². The van der Waals surface area contributed by atoms with Gasteiger partial charge in [0.05, 0.1) is 19.4 Å². The molecule has 0 radical (unpaired) electrons. The maximum Gasteiger partial charge on any atom is 0.332 e. The standard InChI is InChI=1S/C21H18ClN5O3/c1-13-10-26-17-18(23-20(26)25(13)12-15-7-5-9-30-15)24(2)21(29)27(19(17)28)11-14-6-3-4-8-16(14)22/h3-10H,11-12H2,1-2H3. The number of rotatable bonds is 4. The van der Waals surface area contributed by atoms with E-state index < -0.39 is 11.2 Å². The average Bonchev–Trinajstić information content (AvgIpc) is 3.43. The predicted octanol–water partition coefficient (Wildman–Crippen LogP) is 2.80. The second kappa shape index (κ2) is 6.77. The van der Waals surface area contributed by atoms with Crippen molar-refractivity contribution in [3.63, 3.8) is 0 Å². The van der Waals surface area contributed by atoms with Crippen LogP contribution in [-0.2, 0) is 20.1 Å². The molecule has 0 aliphatic rings. The number of hydrogen-bond donors (Lipinski definition) is 0. The number of fused-ring (bicyclic) bond motifs is 3. The second-order valence-electron chi connectivity index (χ2n) is 7.21. The lowest BCUT2D eigenvalue weighted by Gasteiger charge is -2.09. The van der Waals surface area contributed by atoms with Gasteiger partial charge >= 0.3 is 5.69 Å². The summed E-state index contributed by atoms with van der Waals surface area (Å²) in [7, 11) is 1.61. The molecule has 5 rings (SSSR count). The Kier molecular flexibility index (Phi) is 4.18. The molecule has 5 aromatic rings. The van der Waals surface area contributed by atoms with Crippen LogP contribution in [0.2, 0.25) is 5.02 Å². The van der Waals surface area contributed by atoms with Crippen LogP contribution >= 0.6 is 11.6 Å². The zero-order valence-corrected chi connectivity index (χ0v) is 17.1. The first-order chi connectivity index (χ1) is 14.5. The van der Waals surface area contributed by atoms with Crippen molar-refractivity contribution in [2.24, 2.45) is 7.05 Å². The Balaban J connectivity index is 1.75. The van der Waals surface area contributed by atoms with Crippen LogP contribution in [0.1, 0.15) is 17.0 Å². The maximum atomic E-state index is 13.3. The van der Waals surface area contributed by atoms with Gasteiger partial charge in [0.2, 0.25) is 5.78 Å². The summed E-state index contributed by atoms with van der Waals surface area (Å²) in [5.74, 6) is 1.34. The van der Waals surface area contributed by atoms with E-state index in [0.29, 0.717) is 34.1 Å². The lowest BCUT2D eigenvalue weighted by molar-refractivity contribution is 0.494. The minimum Gasteiger partial charge on any atom is -0.467 e. The zero-order chi connectivity index (χ0) is 21.0. The first-order valence-electron chi connectivity index (χ1n) is 9.39. The average molecular weight is 424 g/mol. The number of hydrogen-bond acceptors (Lipinski definition) is 4. The molecule has 0 atom stereocenters. The molecule has 0 saturated carbocycles. The summed E-state index contributed by atoms with van der Waals surface area (Å²) in [4.78, 5) is 30.9. The van der Waals surface area contributed by atoms with E-state index in [1.54, 1.807) is 35.9 Å². The van der Waals surface area contributed by atoms with Crippen LogP contribution in [0.15, 0.2) is 62.9 Å². The van der Waals surface area contributed by atoms with Crippen molar-refractivity contribution in [1.29, 1.82) is 0 Å². The van der Waals surface area contributed by atoms with Crippen molar-refractivity contribution in [3.05, 3.63) is 91.7 Å². The summed E-state index contributed by atoms with van der Waals surface area (Å²) in [6.07, 6.45) is 3.46. The molecule has 1 aromatic carbocycles. The number of nitrogens with zero attached hydrogens (tertiary/aromatic N) is 5. The van der Waals surface area contributed by atoms with Crippen LogP contribution in [0.25, 0.3) is 16.9 Å². The van der Waals surface area contributed by atoms with Gasteiger partial charge in [0.15, 0.2) is 11.2 Å². The fourth-order valence-electron chi connectivity index (χ4n) is 3.75. The Bertz CT molecular complexity index is 1520. The highest BCUT2D eigenvalue weighted by atomic mass is 35.5. The van der Waals surface area contributed by atoms with E-state index in [1.807, 2.05) is 35.9 Å². The molecule has 8 nitrogen and oxygen atoms in total. The number of benzene rings is 1. The molecule has 0 fully saturated rings. The molecule has 4 aromatic heterocycles. The summed E-state index contributed by atoms with van der Waals surface area (Å²) in [6.45, 7) is 2.49. The van der Waals surface area contributed by atoms with Crippen molar-refractivity contribution in [2.45, 2.75) is 20.0 Å². The molecule has 4 heterocycles. The lowest BCUT2D eigenvalue weighted by atomic mass is 10.2. The van der Waals surface area contributed by atoms with Crippen molar-refractivity contribution >= 4 is 28.5 Å². The fraction of sp³-hybridized carbons (Fsp3) is 0.190. The Morgan fingerprint density at radius 3 is 2.60 bits per heavy atom. The highest BCUT2D eigenvalue weighted by molar-refractivity contribution is 6.31. The number of furan rings is 1. The Morgan fingerprint density at radius 2 is 1.87 bits per heavy atom. The van der Waals surface area contributed by atoms with E-state index in [1.165, 1.54) is 9.13 Å². The predicted molar refractivity (Wildman–Crippen MR) is 113 cm³/mol. The first kappa shape index (κ1) is 18.5. The number of halogens is 1. The van der Waals surface area contributed by atoms with Gasteiger partial charge in [-0.2, -0.15) is 4.98 Å². The molecule has 0 spiro atoms. The zero-order valence-electron chi connectivity index (χ0n) is 16.4. The van der Waals surface area contributed by atoms with E-state index in [9.17, 15) is 9.59 Å². The summed E-state index contributed by atoms with van der Waals surface area (Å²) in [5, 5.41) is 0.505. The molecule has 0 amide bonds. The quantitative estimate of drug-likeness (QED) is 0.445. The molecule has 0 bridgehead atoms. The monoisotopic (exact) mass is 423 g/mol. The van der Waals surface area contributed by atoms with Gasteiger partial charge in [0.25, 0.3) is 5.56 Å². The molecule has 152 valence electrons. The molecular weight excluding hydrogens is 406 g/mol. The smallest absolute Gasteiger partial charge is 0.332 e. The maximum absolute atomic E-state index is 13.3. The Hall–Kier alpha value is -3.52. The van der Waals surface area contributed by atoms with Crippen molar-refractivity contribution in [1.82, 2.24) is 23.1 Å². The van der Waals surface area contributed by atoms with Crippen molar-refractivity contribution < 1.29 is 4.42 Å². The van der Waals surface area contributed by atoms with Gasteiger partial charge in [-0.25, -0.2) is 4.79 Å². The van der Waals surface area contributed by atoms with E-state index in [4.69, 9.17) is 16.0 Å². The summed E-state index contributed by atoms with van der Waals surface area (Å²) < 4.78 is 11.7. The van der Waals surface area contributed by atoms with Gasteiger partial charge in [-0.1, -0.05) is 29.8 Å². The highest BCUT2D eigenvalue weighted by Gasteiger charge is 2.21. The summed E-state index contributed by atoms with van der Waals surface area (Å²) >= 11 is 6.25. The molecule has 0 unspecified atom stereocenters. The SMILES string of the molecule is Cc1cn2c3c(=O)n(Cc4ccccc4Cl)c(=O)n(C)c3nc2n1Cc1ccco1. The van der Waals surface area contributed by atoms with Gasteiger partial charge in [-0.05, 0) is 30.7 Å². The molecule has 0 aliphatic heterocycles. The topological polar surface area (TPSA) is 79.4 Å². The minimum atomic E-state index is -0.442. The third-order valence-corrected chi connectivity index (χ3v) is 5.69. The molecule has 0 aliphatic carbocycles. The normalized spacial score (nSPS) is 11.7. The van der Waals surface area contributed by atoms with Crippen LogP contribution < -0.4 is 11.2 Å².